The van der Waals surface area contributed by atoms with Gasteiger partial charge in [-0.2, -0.15) is 0 Å². The topological polar surface area (TPSA) is 23.6 Å². The minimum absolute atomic E-state index is 0.386. The van der Waals surface area contributed by atoms with Gasteiger partial charge >= 0.3 is 0 Å². The highest BCUT2D eigenvalue weighted by Gasteiger charge is 2.37. The molecule has 19 heavy (non-hydrogen) atoms. The van der Waals surface area contributed by atoms with E-state index in [9.17, 15) is 4.79 Å². The monoisotopic (exact) mass is 264 g/mol. The van der Waals surface area contributed by atoms with Crippen molar-refractivity contribution in [1.82, 2.24) is 9.80 Å². The maximum Gasteiger partial charge on any atom is 0.225 e. The molecule has 0 N–H and O–H groups in total. The Morgan fingerprint density at radius 3 is 2.47 bits per heavy atom. The maximum absolute atomic E-state index is 12.2. The lowest BCUT2D eigenvalue weighted by atomic mass is 9.91. The van der Waals surface area contributed by atoms with E-state index in [0.29, 0.717) is 17.2 Å². The Morgan fingerprint density at radius 1 is 1.05 bits per heavy atom. The lowest BCUT2D eigenvalue weighted by Gasteiger charge is -2.28. The molecular weight excluding hydrogens is 236 g/mol. The highest BCUT2D eigenvalue weighted by molar-refractivity contribution is 5.81. The number of hydrogen-bond acceptors (Lipinski definition) is 2. The van der Waals surface area contributed by atoms with E-state index in [4.69, 9.17) is 0 Å². The Kier molecular flexibility index (Phi) is 3.59. The fraction of sp³-hybridized carbons (Fsp3) is 0.938. The Hall–Kier alpha value is -0.570. The molecule has 1 amide bonds. The van der Waals surface area contributed by atoms with Crippen LogP contribution in [0.4, 0.5) is 0 Å². The average molecular weight is 264 g/mol. The second-order valence-electron chi connectivity index (χ2n) is 7.55. The molecule has 108 valence electrons. The fourth-order valence-corrected chi connectivity index (χ4v) is 3.82. The molecule has 3 rings (SSSR count). The molecule has 1 saturated heterocycles. The van der Waals surface area contributed by atoms with E-state index in [0.717, 1.165) is 44.9 Å². The fourth-order valence-electron chi connectivity index (χ4n) is 3.82. The van der Waals surface area contributed by atoms with Crippen LogP contribution in [0.25, 0.3) is 0 Å². The molecule has 1 aliphatic heterocycles. The Balaban J connectivity index is 1.54. The summed E-state index contributed by atoms with van der Waals surface area (Å²) in [5.74, 6) is 0.825. The van der Waals surface area contributed by atoms with Gasteiger partial charge in [0, 0.05) is 38.1 Å². The van der Waals surface area contributed by atoms with Crippen LogP contribution >= 0.6 is 0 Å². The van der Waals surface area contributed by atoms with Crippen molar-refractivity contribution in [2.75, 3.05) is 26.2 Å². The van der Waals surface area contributed by atoms with Crippen molar-refractivity contribution in [2.24, 2.45) is 11.3 Å². The van der Waals surface area contributed by atoms with E-state index in [2.05, 4.69) is 23.6 Å². The Morgan fingerprint density at radius 2 is 1.84 bits per heavy atom. The molecule has 2 aliphatic carbocycles. The van der Waals surface area contributed by atoms with Gasteiger partial charge in [-0.1, -0.05) is 13.8 Å². The summed E-state index contributed by atoms with van der Waals surface area (Å²) in [4.78, 5) is 16.9. The average Bonchev–Trinajstić information content (AvgIpc) is 3.16. The van der Waals surface area contributed by atoms with E-state index in [1.165, 1.54) is 25.8 Å². The summed E-state index contributed by atoms with van der Waals surface area (Å²) in [6.07, 6.45) is 7.48. The molecule has 2 saturated carbocycles. The molecule has 3 fully saturated rings. The van der Waals surface area contributed by atoms with Gasteiger partial charge in [-0.05, 0) is 43.9 Å². The van der Waals surface area contributed by atoms with Crippen LogP contribution in [0.2, 0.25) is 0 Å². The van der Waals surface area contributed by atoms with Gasteiger partial charge in [0.15, 0.2) is 0 Å². The largest absolute Gasteiger partial charge is 0.341 e. The van der Waals surface area contributed by atoms with E-state index in [-0.39, 0.29) is 0 Å². The van der Waals surface area contributed by atoms with Crippen LogP contribution in [0.15, 0.2) is 0 Å². The molecule has 0 aromatic heterocycles. The van der Waals surface area contributed by atoms with Gasteiger partial charge in [0.05, 0.1) is 0 Å². The first-order chi connectivity index (χ1) is 9.05. The molecule has 0 spiro atoms. The summed E-state index contributed by atoms with van der Waals surface area (Å²) in [7, 11) is 0. The van der Waals surface area contributed by atoms with Crippen LogP contribution in [0, 0.1) is 11.3 Å². The lowest BCUT2D eigenvalue weighted by Crippen LogP contribution is -2.39. The normalized spacial score (nSPS) is 32.3. The molecule has 3 nitrogen and oxygen atoms in total. The van der Waals surface area contributed by atoms with Crippen LogP contribution < -0.4 is 0 Å². The van der Waals surface area contributed by atoms with Gasteiger partial charge in [0.2, 0.25) is 5.91 Å². The third-order valence-corrected chi connectivity index (χ3v) is 5.23. The van der Waals surface area contributed by atoms with Crippen molar-refractivity contribution < 1.29 is 4.79 Å². The summed E-state index contributed by atoms with van der Waals surface area (Å²) in [5.41, 5.74) is 0.528. The van der Waals surface area contributed by atoms with Crippen LogP contribution in [0.3, 0.4) is 0 Å². The quantitative estimate of drug-likeness (QED) is 0.765. The van der Waals surface area contributed by atoms with Gasteiger partial charge in [-0.25, -0.2) is 0 Å². The standard InChI is InChI=1S/C16H28N2O/c1-16(2)7-6-14(12-16)17-8-3-9-18(11-10-17)15(19)13-4-5-13/h13-14H,3-12H2,1-2H3. The molecule has 0 aromatic carbocycles. The molecule has 3 aliphatic rings. The zero-order valence-electron chi connectivity index (χ0n) is 12.5. The second kappa shape index (κ2) is 5.08. The number of hydrogen-bond donors (Lipinski definition) is 0. The maximum atomic E-state index is 12.2. The van der Waals surface area contributed by atoms with Crippen molar-refractivity contribution in [3.63, 3.8) is 0 Å². The van der Waals surface area contributed by atoms with E-state index in [1.807, 2.05) is 0 Å². The van der Waals surface area contributed by atoms with Crippen LogP contribution in [0.5, 0.6) is 0 Å². The first-order valence-electron chi connectivity index (χ1n) is 8.08. The summed E-state index contributed by atoms with van der Waals surface area (Å²) in [5, 5.41) is 0. The zero-order chi connectivity index (χ0) is 13.5. The van der Waals surface area contributed by atoms with E-state index < -0.39 is 0 Å². The van der Waals surface area contributed by atoms with Crippen LogP contribution in [-0.2, 0) is 4.79 Å². The molecule has 0 radical (unpaired) electrons. The van der Waals surface area contributed by atoms with E-state index >= 15 is 0 Å². The molecule has 0 aromatic rings. The van der Waals surface area contributed by atoms with Gasteiger partial charge in [0.25, 0.3) is 0 Å². The first kappa shape index (κ1) is 13.4. The number of amides is 1. The number of nitrogens with zero attached hydrogens (tertiary/aromatic N) is 2. The predicted molar refractivity (Wildman–Crippen MR) is 76.9 cm³/mol. The minimum Gasteiger partial charge on any atom is -0.341 e. The first-order valence-corrected chi connectivity index (χ1v) is 8.08. The molecule has 1 heterocycles. The molecular formula is C16H28N2O. The summed E-state index contributed by atoms with van der Waals surface area (Å²) in [6.45, 7) is 9.03. The van der Waals surface area contributed by atoms with Gasteiger partial charge in [-0.3, -0.25) is 9.69 Å². The zero-order valence-corrected chi connectivity index (χ0v) is 12.5. The summed E-state index contributed by atoms with van der Waals surface area (Å²) < 4.78 is 0. The van der Waals surface area contributed by atoms with Gasteiger partial charge in [-0.15, -0.1) is 0 Å². The summed E-state index contributed by atoms with van der Waals surface area (Å²) >= 11 is 0. The van der Waals surface area contributed by atoms with Crippen molar-refractivity contribution in [3.8, 4) is 0 Å². The second-order valence-corrected chi connectivity index (χ2v) is 7.55. The van der Waals surface area contributed by atoms with E-state index in [1.54, 1.807) is 0 Å². The van der Waals surface area contributed by atoms with Gasteiger partial charge in [0.1, 0.15) is 0 Å². The van der Waals surface area contributed by atoms with Crippen molar-refractivity contribution in [3.05, 3.63) is 0 Å². The third kappa shape index (κ3) is 3.13. The van der Waals surface area contributed by atoms with Gasteiger partial charge < -0.3 is 4.90 Å². The van der Waals surface area contributed by atoms with Crippen molar-refractivity contribution >= 4 is 5.91 Å². The Bertz CT molecular complexity index is 349. The minimum atomic E-state index is 0.386. The molecule has 3 heteroatoms. The van der Waals surface area contributed by atoms with Crippen molar-refractivity contribution in [2.45, 2.75) is 58.4 Å². The Labute approximate surface area is 117 Å². The van der Waals surface area contributed by atoms with Crippen LogP contribution in [0.1, 0.15) is 52.4 Å². The molecule has 1 atom stereocenters. The smallest absolute Gasteiger partial charge is 0.225 e. The van der Waals surface area contributed by atoms with Crippen molar-refractivity contribution in [1.29, 1.82) is 0 Å². The number of carbonyl (C=O) groups excluding carboxylic acids is 1. The molecule has 0 bridgehead atoms. The lowest BCUT2D eigenvalue weighted by molar-refractivity contribution is -0.132. The number of rotatable bonds is 2. The van der Waals surface area contributed by atoms with Crippen LogP contribution in [-0.4, -0.2) is 47.9 Å². The third-order valence-electron chi connectivity index (χ3n) is 5.23. The highest BCUT2D eigenvalue weighted by atomic mass is 16.2. The summed E-state index contributed by atoms with van der Waals surface area (Å²) in [6, 6.07) is 0.769. The predicted octanol–water partition coefficient (Wildman–Crippen LogP) is 2.51. The number of carbonyl (C=O) groups is 1. The molecule has 1 unspecified atom stereocenters. The SMILES string of the molecule is CC1(C)CCC(N2CCCN(C(=O)C3CC3)CC2)C1. The highest BCUT2D eigenvalue weighted by Crippen LogP contribution is 2.39.